The number of nitrogens with zero attached hydrogens (tertiary/aromatic N) is 3. The highest BCUT2D eigenvalue weighted by Gasteiger charge is 2.35. The third kappa shape index (κ3) is 3.28. The Hall–Kier alpha value is -1.93. The molecule has 0 aliphatic carbocycles. The van der Waals surface area contributed by atoms with Crippen LogP contribution in [0.2, 0.25) is 0 Å². The Morgan fingerprint density at radius 2 is 1.80 bits per heavy atom. The molecule has 0 spiro atoms. The van der Waals surface area contributed by atoms with Crippen molar-refractivity contribution in [2.45, 2.75) is 25.3 Å². The van der Waals surface area contributed by atoms with Gasteiger partial charge in [-0.25, -0.2) is 4.98 Å². The summed E-state index contributed by atoms with van der Waals surface area (Å²) in [5.74, 6) is 0.327. The average molecular weight is 347 g/mol. The van der Waals surface area contributed by atoms with Gasteiger partial charge < -0.3 is 24.8 Å². The summed E-state index contributed by atoms with van der Waals surface area (Å²) >= 11 is 0. The molecule has 2 N–H and O–H groups in total. The van der Waals surface area contributed by atoms with E-state index < -0.39 is 0 Å². The molecule has 1 aromatic rings. The summed E-state index contributed by atoms with van der Waals surface area (Å²) in [6.07, 6.45) is 4.00. The monoisotopic (exact) mass is 347 g/mol. The molecule has 0 saturated carbocycles. The second-order valence-electron chi connectivity index (χ2n) is 6.94. The molecule has 1 unspecified atom stereocenters. The Kier molecular flexibility index (Phi) is 4.72. The van der Waals surface area contributed by atoms with Gasteiger partial charge in [0.15, 0.2) is 0 Å². The van der Waals surface area contributed by atoms with Crippen LogP contribution in [0.1, 0.15) is 30.3 Å². The van der Waals surface area contributed by atoms with Crippen molar-refractivity contribution in [3.63, 3.8) is 0 Å². The molecule has 136 valence electrons. The predicted octanol–water partition coefficient (Wildman–Crippen LogP) is -0.306. The van der Waals surface area contributed by atoms with Crippen LogP contribution in [-0.2, 0) is 20.7 Å². The second-order valence-corrected chi connectivity index (χ2v) is 6.94. The standard InChI is InChI=1S/C17H25N5O3/c23-16(22-7-9-25-10-8-22)12-2-5-21(6-3-12)17(24)15-14-13(1-4-18-15)19-11-20-14/h11-12,15,18H,1-10H2,(H,19,20). The van der Waals surface area contributed by atoms with E-state index in [4.69, 9.17) is 4.74 Å². The summed E-state index contributed by atoms with van der Waals surface area (Å²) in [5.41, 5.74) is 1.87. The maximum atomic E-state index is 12.9. The van der Waals surface area contributed by atoms with E-state index in [1.54, 1.807) is 6.33 Å². The predicted molar refractivity (Wildman–Crippen MR) is 89.7 cm³/mol. The molecule has 3 aliphatic rings. The first-order chi connectivity index (χ1) is 12.2. The number of carbonyl (C=O) groups excluding carboxylic acids is 2. The lowest BCUT2D eigenvalue weighted by atomic mass is 9.94. The quantitative estimate of drug-likeness (QED) is 0.766. The number of piperidine rings is 1. The molecule has 8 nitrogen and oxygen atoms in total. The van der Waals surface area contributed by atoms with Crippen LogP contribution in [0.15, 0.2) is 6.33 Å². The zero-order valence-electron chi connectivity index (χ0n) is 14.4. The van der Waals surface area contributed by atoms with Gasteiger partial charge in [0.25, 0.3) is 0 Å². The van der Waals surface area contributed by atoms with Crippen molar-refractivity contribution in [2.24, 2.45) is 5.92 Å². The Labute approximate surface area is 146 Å². The summed E-state index contributed by atoms with van der Waals surface area (Å²) in [4.78, 5) is 36.7. The molecule has 2 fully saturated rings. The number of aromatic amines is 1. The summed E-state index contributed by atoms with van der Waals surface area (Å²) in [5, 5.41) is 3.28. The number of fused-ring (bicyclic) bond motifs is 1. The summed E-state index contributed by atoms with van der Waals surface area (Å²) in [6.45, 7) is 4.68. The van der Waals surface area contributed by atoms with Crippen molar-refractivity contribution in [3.05, 3.63) is 17.7 Å². The first-order valence-corrected chi connectivity index (χ1v) is 9.15. The van der Waals surface area contributed by atoms with Crippen LogP contribution in [0.25, 0.3) is 0 Å². The van der Waals surface area contributed by atoms with Crippen LogP contribution in [0, 0.1) is 5.92 Å². The first-order valence-electron chi connectivity index (χ1n) is 9.15. The fourth-order valence-electron chi connectivity index (χ4n) is 3.99. The van der Waals surface area contributed by atoms with E-state index in [0.717, 1.165) is 37.2 Å². The van der Waals surface area contributed by atoms with Gasteiger partial charge in [-0.1, -0.05) is 0 Å². The number of H-pyrrole nitrogens is 1. The van der Waals surface area contributed by atoms with Gasteiger partial charge in [0.1, 0.15) is 6.04 Å². The molecule has 4 rings (SSSR count). The van der Waals surface area contributed by atoms with E-state index >= 15 is 0 Å². The van der Waals surface area contributed by atoms with Gasteiger partial charge in [-0.2, -0.15) is 0 Å². The van der Waals surface area contributed by atoms with Crippen molar-refractivity contribution in [1.29, 1.82) is 0 Å². The van der Waals surface area contributed by atoms with Gasteiger partial charge in [0.2, 0.25) is 11.8 Å². The normalized spacial score (nSPS) is 24.9. The maximum Gasteiger partial charge on any atom is 0.246 e. The van der Waals surface area contributed by atoms with Crippen LogP contribution < -0.4 is 5.32 Å². The third-order valence-corrected chi connectivity index (χ3v) is 5.47. The lowest BCUT2D eigenvalue weighted by molar-refractivity contribution is -0.144. The number of rotatable bonds is 2. The molecule has 0 aromatic carbocycles. The SMILES string of the molecule is O=C(C1CCN(C(=O)C2NCCc3[nH]cnc32)CC1)N1CCOCC1. The van der Waals surface area contributed by atoms with Crippen molar-refractivity contribution in [2.75, 3.05) is 45.9 Å². The van der Waals surface area contributed by atoms with E-state index in [2.05, 4.69) is 15.3 Å². The van der Waals surface area contributed by atoms with Gasteiger partial charge in [-0.15, -0.1) is 0 Å². The van der Waals surface area contributed by atoms with Gasteiger partial charge in [-0.05, 0) is 12.8 Å². The van der Waals surface area contributed by atoms with Crippen molar-refractivity contribution < 1.29 is 14.3 Å². The van der Waals surface area contributed by atoms with Crippen molar-refractivity contribution in [3.8, 4) is 0 Å². The highest BCUT2D eigenvalue weighted by atomic mass is 16.5. The number of amides is 2. The Morgan fingerprint density at radius 1 is 1.08 bits per heavy atom. The summed E-state index contributed by atoms with van der Waals surface area (Å²) < 4.78 is 5.31. The molecular weight excluding hydrogens is 322 g/mol. The summed E-state index contributed by atoms with van der Waals surface area (Å²) in [7, 11) is 0. The first kappa shape index (κ1) is 16.5. The molecule has 3 aliphatic heterocycles. The molecule has 8 heteroatoms. The molecule has 1 aromatic heterocycles. The number of morpholine rings is 1. The summed E-state index contributed by atoms with van der Waals surface area (Å²) in [6, 6.07) is -0.360. The molecule has 1 atom stereocenters. The number of hydrogen-bond acceptors (Lipinski definition) is 5. The lowest BCUT2D eigenvalue weighted by Gasteiger charge is -2.37. The van der Waals surface area contributed by atoms with E-state index in [-0.39, 0.29) is 23.8 Å². The van der Waals surface area contributed by atoms with E-state index in [9.17, 15) is 9.59 Å². The van der Waals surface area contributed by atoms with E-state index in [1.165, 1.54) is 0 Å². The zero-order valence-corrected chi connectivity index (χ0v) is 14.4. The Balaban J connectivity index is 1.34. The topological polar surface area (TPSA) is 90.6 Å². The van der Waals surface area contributed by atoms with Crippen LogP contribution in [0.3, 0.4) is 0 Å². The van der Waals surface area contributed by atoms with Gasteiger partial charge >= 0.3 is 0 Å². The fourth-order valence-corrected chi connectivity index (χ4v) is 3.99. The smallest absolute Gasteiger partial charge is 0.246 e. The van der Waals surface area contributed by atoms with E-state index in [1.807, 2.05) is 9.80 Å². The number of hydrogen-bond donors (Lipinski definition) is 2. The van der Waals surface area contributed by atoms with Crippen molar-refractivity contribution in [1.82, 2.24) is 25.1 Å². The molecule has 0 radical (unpaired) electrons. The minimum absolute atomic E-state index is 0.0300. The number of carbonyl (C=O) groups is 2. The average Bonchev–Trinajstić information content (AvgIpc) is 3.16. The lowest BCUT2D eigenvalue weighted by Crippen LogP contribution is -2.50. The number of ether oxygens (including phenoxy) is 1. The number of likely N-dealkylation sites (tertiary alicyclic amines) is 1. The third-order valence-electron chi connectivity index (χ3n) is 5.47. The molecule has 0 bridgehead atoms. The largest absolute Gasteiger partial charge is 0.378 e. The number of imidazole rings is 1. The van der Waals surface area contributed by atoms with Crippen LogP contribution in [-0.4, -0.2) is 77.5 Å². The highest BCUT2D eigenvalue weighted by Crippen LogP contribution is 2.25. The van der Waals surface area contributed by atoms with Crippen LogP contribution in [0.5, 0.6) is 0 Å². The van der Waals surface area contributed by atoms with Gasteiger partial charge in [0.05, 0.1) is 25.2 Å². The Morgan fingerprint density at radius 3 is 2.56 bits per heavy atom. The highest BCUT2D eigenvalue weighted by molar-refractivity contribution is 5.84. The van der Waals surface area contributed by atoms with Crippen LogP contribution >= 0.6 is 0 Å². The molecule has 25 heavy (non-hydrogen) atoms. The molecule has 2 saturated heterocycles. The number of aromatic nitrogens is 2. The Bertz CT molecular complexity index is 632. The minimum atomic E-state index is -0.360. The molecular formula is C17H25N5O3. The van der Waals surface area contributed by atoms with Crippen LogP contribution in [0.4, 0.5) is 0 Å². The fraction of sp³-hybridized carbons (Fsp3) is 0.706. The minimum Gasteiger partial charge on any atom is -0.378 e. The zero-order chi connectivity index (χ0) is 17.2. The molecule has 2 amide bonds. The van der Waals surface area contributed by atoms with Gasteiger partial charge in [0, 0.05) is 50.8 Å². The van der Waals surface area contributed by atoms with Crippen molar-refractivity contribution >= 4 is 11.8 Å². The maximum absolute atomic E-state index is 12.9. The van der Waals surface area contributed by atoms with E-state index in [0.29, 0.717) is 39.4 Å². The second kappa shape index (κ2) is 7.13. The van der Waals surface area contributed by atoms with Gasteiger partial charge in [-0.3, -0.25) is 9.59 Å². The molecule has 4 heterocycles. The number of nitrogens with one attached hydrogen (secondary N) is 2.